The SMILES string of the molecule is CC(C)N(C(=S)N(C)C)C(=S)N(C)C. The second-order valence-electron chi connectivity index (χ2n) is 3.82. The standard InChI is InChI=1S/C9H19N3S2/c1-7(2)12(8(13)10(3)4)9(14)11(5)6/h7H,1-6H3. The summed E-state index contributed by atoms with van der Waals surface area (Å²) >= 11 is 10.6. The van der Waals surface area contributed by atoms with Crippen molar-refractivity contribution in [2.75, 3.05) is 28.2 Å². The lowest BCUT2D eigenvalue weighted by molar-refractivity contribution is 0.404. The summed E-state index contributed by atoms with van der Waals surface area (Å²) in [5, 5.41) is 1.50. The minimum atomic E-state index is 0.278. The van der Waals surface area contributed by atoms with Crippen molar-refractivity contribution >= 4 is 34.7 Å². The molecule has 0 aliphatic carbocycles. The predicted molar refractivity (Wildman–Crippen MR) is 69.5 cm³/mol. The van der Waals surface area contributed by atoms with E-state index in [4.69, 9.17) is 24.4 Å². The van der Waals surface area contributed by atoms with Crippen LogP contribution in [0.15, 0.2) is 0 Å². The number of nitrogens with zero attached hydrogens (tertiary/aromatic N) is 3. The highest BCUT2D eigenvalue weighted by molar-refractivity contribution is 7.81. The fraction of sp³-hybridized carbons (Fsp3) is 0.778. The Morgan fingerprint density at radius 1 is 0.857 bits per heavy atom. The monoisotopic (exact) mass is 233 g/mol. The Morgan fingerprint density at radius 3 is 1.29 bits per heavy atom. The summed E-state index contributed by atoms with van der Waals surface area (Å²) in [4.78, 5) is 5.75. The van der Waals surface area contributed by atoms with Crippen LogP contribution in [-0.4, -0.2) is 59.2 Å². The van der Waals surface area contributed by atoms with Gasteiger partial charge in [0.25, 0.3) is 0 Å². The molecule has 0 aliphatic heterocycles. The van der Waals surface area contributed by atoms with E-state index in [0.29, 0.717) is 0 Å². The average molecular weight is 233 g/mol. The summed E-state index contributed by atoms with van der Waals surface area (Å²) in [5.74, 6) is 0. The third kappa shape index (κ3) is 3.38. The van der Waals surface area contributed by atoms with Crippen LogP contribution in [0.2, 0.25) is 0 Å². The van der Waals surface area contributed by atoms with Crippen molar-refractivity contribution in [2.24, 2.45) is 0 Å². The highest BCUT2D eigenvalue weighted by atomic mass is 32.1. The van der Waals surface area contributed by atoms with E-state index in [1.165, 1.54) is 0 Å². The molecule has 0 rings (SSSR count). The molecule has 0 saturated carbocycles. The first-order chi connectivity index (χ1) is 6.29. The van der Waals surface area contributed by atoms with E-state index in [1.54, 1.807) is 0 Å². The quantitative estimate of drug-likeness (QED) is 0.631. The summed E-state index contributed by atoms with van der Waals surface area (Å²) in [6.45, 7) is 4.15. The minimum Gasteiger partial charge on any atom is -0.355 e. The van der Waals surface area contributed by atoms with E-state index < -0.39 is 0 Å². The van der Waals surface area contributed by atoms with Crippen molar-refractivity contribution in [2.45, 2.75) is 19.9 Å². The second kappa shape index (κ2) is 5.46. The molecule has 0 atom stereocenters. The van der Waals surface area contributed by atoms with Crippen LogP contribution in [0.4, 0.5) is 0 Å². The molecular weight excluding hydrogens is 214 g/mol. The molecule has 82 valence electrons. The van der Waals surface area contributed by atoms with Gasteiger partial charge in [0, 0.05) is 34.2 Å². The molecule has 0 radical (unpaired) electrons. The Bertz CT molecular complexity index is 204. The second-order valence-corrected chi connectivity index (χ2v) is 4.55. The molecular formula is C9H19N3S2. The van der Waals surface area contributed by atoms with Gasteiger partial charge >= 0.3 is 0 Å². The largest absolute Gasteiger partial charge is 0.355 e. The maximum absolute atomic E-state index is 5.31. The summed E-state index contributed by atoms with van der Waals surface area (Å²) in [6, 6.07) is 0.278. The molecule has 0 aromatic heterocycles. The number of rotatable bonds is 1. The molecule has 5 heteroatoms. The lowest BCUT2D eigenvalue weighted by Crippen LogP contribution is -2.50. The van der Waals surface area contributed by atoms with Crippen molar-refractivity contribution in [3.8, 4) is 0 Å². The zero-order valence-electron chi connectivity index (χ0n) is 9.74. The Labute approximate surface area is 97.7 Å². The van der Waals surface area contributed by atoms with Gasteiger partial charge in [-0.1, -0.05) is 0 Å². The molecule has 0 aromatic carbocycles. The third-order valence-corrected chi connectivity index (χ3v) is 2.82. The summed E-state index contributed by atoms with van der Waals surface area (Å²) < 4.78 is 0. The van der Waals surface area contributed by atoms with Gasteiger partial charge in [-0.3, -0.25) is 4.90 Å². The molecule has 0 unspecified atom stereocenters. The Balaban J connectivity index is 4.78. The first-order valence-electron chi connectivity index (χ1n) is 4.50. The molecule has 0 amide bonds. The number of thiocarbonyl (C=S) groups is 2. The van der Waals surface area contributed by atoms with Crippen LogP contribution in [-0.2, 0) is 0 Å². The normalized spacial score (nSPS) is 9.93. The average Bonchev–Trinajstić information content (AvgIpc) is 2.03. The topological polar surface area (TPSA) is 9.72 Å². The number of hydrogen-bond donors (Lipinski definition) is 0. The van der Waals surface area contributed by atoms with E-state index in [-0.39, 0.29) is 6.04 Å². The van der Waals surface area contributed by atoms with Crippen molar-refractivity contribution in [3.63, 3.8) is 0 Å². The predicted octanol–water partition coefficient (Wildman–Crippen LogP) is 1.39. The van der Waals surface area contributed by atoms with E-state index in [9.17, 15) is 0 Å². The van der Waals surface area contributed by atoms with Gasteiger partial charge < -0.3 is 9.80 Å². The molecule has 0 aliphatic rings. The van der Waals surface area contributed by atoms with Gasteiger partial charge in [0.15, 0.2) is 10.2 Å². The molecule has 14 heavy (non-hydrogen) atoms. The Morgan fingerprint density at radius 2 is 1.14 bits per heavy atom. The summed E-state index contributed by atoms with van der Waals surface area (Å²) in [5.41, 5.74) is 0. The van der Waals surface area contributed by atoms with Crippen LogP contribution >= 0.6 is 24.4 Å². The van der Waals surface area contributed by atoms with Gasteiger partial charge in [0.2, 0.25) is 0 Å². The van der Waals surface area contributed by atoms with Crippen LogP contribution in [0.1, 0.15) is 13.8 Å². The zero-order chi connectivity index (χ0) is 11.5. The molecule has 0 bridgehead atoms. The zero-order valence-corrected chi connectivity index (χ0v) is 11.4. The van der Waals surface area contributed by atoms with E-state index in [1.807, 2.05) is 42.9 Å². The molecule has 0 aromatic rings. The summed E-state index contributed by atoms with van der Waals surface area (Å²) in [6.07, 6.45) is 0. The molecule has 0 spiro atoms. The van der Waals surface area contributed by atoms with E-state index in [0.717, 1.165) is 10.2 Å². The van der Waals surface area contributed by atoms with E-state index in [2.05, 4.69) is 13.8 Å². The maximum Gasteiger partial charge on any atom is 0.177 e. The fourth-order valence-electron chi connectivity index (χ4n) is 0.955. The highest BCUT2D eigenvalue weighted by Gasteiger charge is 2.20. The summed E-state index contributed by atoms with van der Waals surface area (Å²) in [7, 11) is 7.71. The molecule has 0 saturated heterocycles. The Kier molecular flexibility index (Phi) is 5.29. The minimum absolute atomic E-state index is 0.278. The molecule has 0 heterocycles. The lowest BCUT2D eigenvalue weighted by Gasteiger charge is -2.35. The third-order valence-electron chi connectivity index (χ3n) is 1.69. The van der Waals surface area contributed by atoms with Crippen molar-refractivity contribution in [1.82, 2.24) is 14.7 Å². The first-order valence-corrected chi connectivity index (χ1v) is 5.32. The van der Waals surface area contributed by atoms with Crippen molar-refractivity contribution in [1.29, 1.82) is 0 Å². The van der Waals surface area contributed by atoms with Crippen LogP contribution in [0.25, 0.3) is 0 Å². The fourth-order valence-corrected chi connectivity index (χ4v) is 1.61. The lowest BCUT2D eigenvalue weighted by atomic mass is 10.3. The highest BCUT2D eigenvalue weighted by Crippen LogP contribution is 2.06. The molecule has 0 N–H and O–H groups in total. The van der Waals surface area contributed by atoms with Gasteiger partial charge in [0.1, 0.15) is 0 Å². The molecule has 3 nitrogen and oxygen atoms in total. The van der Waals surface area contributed by atoms with Crippen LogP contribution in [0.3, 0.4) is 0 Å². The number of hydrogen-bond acceptors (Lipinski definition) is 2. The van der Waals surface area contributed by atoms with Crippen LogP contribution in [0.5, 0.6) is 0 Å². The van der Waals surface area contributed by atoms with Gasteiger partial charge in [-0.05, 0) is 38.3 Å². The van der Waals surface area contributed by atoms with Gasteiger partial charge in [-0.2, -0.15) is 0 Å². The van der Waals surface area contributed by atoms with E-state index >= 15 is 0 Å². The molecule has 0 fully saturated rings. The maximum atomic E-state index is 5.31. The van der Waals surface area contributed by atoms with Crippen LogP contribution in [0, 0.1) is 0 Å². The van der Waals surface area contributed by atoms with Crippen LogP contribution < -0.4 is 0 Å². The van der Waals surface area contributed by atoms with Gasteiger partial charge in [-0.15, -0.1) is 0 Å². The first kappa shape index (κ1) is 13.6. The van der Waals surface area contributed by atoms with Crippen molar-refractivity contribution in [3.05, 3.63) is 0 Å². The Hall–Kier alpha value is -0.420. The smallest absolute Gasteiger partial charge is 0.177 e. The van der Waals surface area contributed by atoms with Crippen molar-refractivity contribution < 1.29 is 0 Å². The van der Waals surface area contributed by atoms with Gasteiger partial charge in [-0.25, -0.2) is 0 Å². The van der Waals surface area contributed by atoms with Gasteiger partial charge in [0.05, 0.1) is 0 Å².